The first-order valence-electron chi connectivity index (χ1n) is 9.01. The van der Waals surface area contributed by atoms with E-state index in [2.05, 4.69) is 39.4 Å². The summed E-state index contributed by atoms with van der Waals surface area (Å²) in [6.07, 6.45) is 4.48. The lowest BCUT2D eigenvalue weighted by atomic mass is 10.1. The van der Waals surface area contributed by atoms with E-state index < -0.39 is 10.0 Å². The third-order valence-corrected chi connectivity index (χ3v) is 6.97. The van der Waals surface area contributed by atoms with Gasteiger partial charge in [-0.1, -0.05) is 25.2 Å². The van der Waals surface area contributed by atoms with Crippen LogP contribution in [0.15, 0.2) is 12.3 Å². The standard InChI is InChI=1S/C17H26N6O2S2/c1-11(2)14-15(26-17(18-3)22-14)13-5-8-19-16(21-13)20-12-6-9-23(10-7-12)27(4,24)25/h5,8,11-12H,6-7,9-10H2,1-4H3,(H,18,22)(H,19,20,21). The van der Waals surface area contributed by atoms with Crippen molar-refractivity contribution in [3.8, 4) is 10.6 Å². The Bertz CT molecular complexity index is 889. The van der Waals surface area contributed by atoms with E-state index in [4.69, 9.17) is 0 Å². The first kappa shape index (κ1) is 20.0. The minimum absolute atomic E-state index is 0.164. The van der Waals surface area contributed by atoms with Crippen LogP contribution in [0.2, 0.25) is 0 Å². The molecule has 1 saturated heterocycles. The molecule has 0 spiro atoms. The number of aromatic nitrogens is 3. The quantitative estimate of drug-likeness (QED) is 0.755. The number of hydrogen-bond donors (Lipinski definition) is 2. The molecule has 0 bridgehead atoms. The van der Waals surface area contributed by atoms with E-state index in [9.17, 15) is 8.42 Å². The molecule has 0 saturated carbocycles. The van der Waals surface area contributed by atoms with E-state index in [0.717, 1.165) is 34.2 Å². The SMILES string of the molecule is CNc1nc(C(C)C)c(-c2ccnc(NC3CCN(S(C)(=O)=O)CC3)n2)s1. The molecule has 8 nitrogen and oxygen atoms in total. The number of rotatable bonds is 6. The van der Waals surface area contributed by atoms with Crippen LogP contribution in [0, 0.1) is 0 Å². The van der Waals surface area contributed by atoms with Crippen LogP contribution in [-0.2, 0) is 10.0 Å². The van der Waals surface area contributed by atoms with Gasteiger partial charge in [0.15, 0.2) is 5.13 Å². The number of anilines is 2. The van der Waals surface area contributed by atoms with E-state index in [-0.39, 0.29) is 6.04 Å². The van der Waals surface area contributed by atoms with E-state index in [1.807, 2.05) is 13.1 Å². The number of sulfonamides is 1. The molecule has 1 fully saturated rings. The predicted molar refractivity (Wildman–Crippen MR) is 110 cm³/mol. The molecule has 0 aliphatic carbocycles. The van der Waals surface area contributed by atoms with Crippen LogP contribution >= 0.6 is 11.3 Å². The first-order valence-corrected chi connectivity index (χ1v) is 11.7. The summed E-state index contributed by atoms with van der Waals surface area (Å²) < 4.78 is 24.8. The van der Waals surface area contributed by atoms with Gasteiger partial charge in [-0.3, -0.25) is 0 Å². The number of piperidine rings is 1. The maximum absolute atomic E-state index is 11.6. The molecular formula is C17H26N6O2S2. The summed E-state index contributed by atoms with van der Waals surface area (Å²) in [5, 5.41) is 7.33. The average Bonchev–Trinajstić information content (AvgIpc) is 3.06. The lowest BCUT2D eigenvalue weighted by Gasteiger charge is -2.30. The molecule has 1 aliphatic heterocycles. The number of thiazole rings is 1. The van der Waals surface area contributed by atoms with E-state index in [1.54, 1.807) is 17.5 Å². The zero-order valence-electron chi connectivity index (χ0n) is 16.1. The second kappa shape index (κ2) is 8.07. The van der Waals surface area contributed by atoms with Crippen LogP contribution in [0.1, 0.15) is 38.3 Å². The molecule has 2 aromatic rings. The van der Waals surface area contributed by atoms with Gasteiger partial charge in [-0.15, -0.1) is 0 Å². The fourth-order valence-corrected chi connectivity index (χ4v) is 5.00. The Labute approximate surface area is 164 Å². The van der Waals surface area contributed by atoms with Gasteiger partial charge in [0.2, 0.25) is 16.0 Å². The first-order chi connectivity index (χ1) is 12.8. The largest absolute Gasteiger partial charge is 0.365 e. The van der Waals surface area contributed by atoms with Crippen LogP contribution < -0.4 is 10.6 Å². The minimum Gasteiger partial charge on any atom is -0.365 e. The van der Waals surface area contributed by atoms with Gasteiger partial charge >= 0.3 is 0 Å². The van der Waals surface area contributed by atoms with Crippen molar-refractivity contribution in [2.75, 3.05) is 37.0 Å². The van der Waals surface area contributed by atoms with Crippen LogP contribution in [0.25, 0.3) is 10.6 Å². The Morgan fingerprint density at radius 3 is 2.56 bits per heavy atom. The molecule has 10 heteroatoms. The maximum Gasteiger partial charge on any atom is 0.223 e. The Kier molecular flexibility index (Phi) is 5.97. The number of nitrogens with one attached hydrogen (secondary N) is 2. The normalized spacial score (nSPS) is 16.6. The lowest BCUT2D eigenvalue weighted by Crippen LogP contribution is -2.42. The molecular weight excluding hydrogens is 384 g/mol. The van der Waals surface area contributed by atoms with E-state index in [1.165, 1.54) is 10.6 Å². The highest BCUT2D eigenvalue weighted by Crippen LogP contribution is 2.36. The molecule has 0 radical (unpaired) electrons. The van der Waals surface area contributed by atoms with Crippen molar-refractivity contribution < 1.29 is 8.42 Å². The van der Waals surface area contributed by atoms with Gasteiger partial charge in [-0.2, -0.15) is 0 Å². The molecule has 1 aliphatic rings. The average molecular weight is 411 g/mol. The second-order valence-corrected chi connectivity index (χ2v) is 9.97. The van der Waals surface area contributed by atoms with Crippen LogP contribution in [0.4, 0.5) is 11.1 Å². The molecule has 3 heterocycles. The highest BCUT2D eigenvalue weighted by atomic mass is 32.2. The van der Waals surface area contributed by atoms with Crippen molar-refractivity contribution in [1.82, 2.24) is 19.3 Å². The fraction of sp³-hybridized carbons (Fsp3) is 0.588. The summed E-state index contributed by atoms with van der Waals surface area (Å²) >= 11 is 1.59. The molecule has 148 valence electrons. The van der Waals surface area contributed by atoms with Gasteiger partial charge in [-0.05, 0) is 24.8 Å². The Hall–Kier alpha value is -1.78. The van der Waals surface area contributed by atoms with Crippen molar-refractivity contribution in [1.29, 1.82) is 0 Å². The topological polar surface area (TPSA) is 100 Å². The van der Waals surface area contributed by atoms with Gasteiger partial charge in [0.05, 0.1) is 22.5 Å². The Balaban J connectivity index is 1.75. The van der Waals surface area contributed by atoms with Gasteiger partial charge in [-0.25, -0.2) is 27.7 Å². The maximum atomic E-state index is 11.6. The van der Waals surface area contributed by atoms with Gasteiger partial charge in [0.1, 0.15) is 0 Å². The summed E-state index contributed by atoms with van der Waals surface area (Å²) in [5.41, 5.74) is 1.87. The monoisotopic (exact) mass is 410 g/mol. The summed E-state index contributed by atoms with van der Waals surface area (Å²) in [6, 6.07) is 2.06. The summed E-state index contributed by atoms with van der Waals surface area (Å²) in [5.74, 6) is 0.865. The molecule has 2 N–H and O–H groups in total. The van der Waals surface area contributed by atoms with Gasteiger partial charge in [0, 0.05) is 32.4 Å². The summed E-state index contributed by atoms with van der Waals surface area (Å²) in [6.45, 7) is 5.28. The predicted octanol–water partition coefficient (Wildman–Crippen LogP) is 2.60. The molecule has 0 unspecified atom stereocenters. The number of nitrogens with zero attached hydrogens (tertiary/aromatic N) is 4. The van der Waals surface area contributed by atoms with Crippen molar-refractivity contribution >= 4 is 32.4 Å². The van der Waals surface area contributed by atoms with E-state index >= 15 is 0 Å². The van der Waals surface area contributed by atoms with Crippen LogP contribution in [0.5, 0.6) is 0 Å². The van der Waals surface area contributed by atoms with Crippen LogP contribution in [-0.4, -0.2) is 60.1 Å². The lowest BCUT2D eigenvalue weighted by molar-refractivity contribution is 0.331. The fourth-order valence-electron chi connectivity index (χ4n) is 3.08. The molecule has 0 amide bonds. The number of hydrogen-bond acceptors (Lipinski definition) is 8. The molecule has 27 heavy (non-hydrogen) atoms. The smallest absolute Gasteiger partial charge is 0.223 e. The van der Waals surface area contributed by atoms with E-state index in [0.29, 0.717) is 25.0 Å². The Morgan fingerprint density at radius 2 is 1.96 bits per heavy atom. The third-order valence-electron chi connectivity index (χ3n) is 4.56. The second-order valence-electron chi connectivity index (χ2n) is 6.98. The van der Waals surface area contributed by atoms with Crippen molar-refractivity contribution in [3.63, 3.8) is 0 Å². The summed E-state index contributed by atoms with van der Waals surface area (Å²) in [4.78, 5) is 14.7. The highest BCUT2D eigenvalue weighted by Gasteiger charge is 2.25. The molecule has 0 atom stereocenters. The molecule has 2 aromatic heterocycles. The molecule has 0 aromatic carbocycles. The Morgan fingerprint density at radius 1 is 1.26 bits per heavy atom. The molecule has 3 rings (SSSR count). The van der Waals surface area contributed by atoms with Crippen LogP contribution in [0.3, 0.4) is 0 Å². The van der Waals surface area contributed by atoms with Crippen molar-refractivity contribution in [2.45, 2.75) is 38.6 Å². The van der Waals surface area contributed by atoms with Gasteiger partial charge in [0.25, 0.3) is 0 Å². The highest BCUT2D eigenvalue weighted by molar-refractivity contribution is 7.88. The van der Waals surface area contributed by atoms with Crippen molar-refractivity contribution in [2.24, 2.45) is 0 Å². The zero-order valence-corrected chi connectivity index (χ0v) is 17.7. The summed E-state index contributed by atoms with van der Waals surface area (Å²) in [7, 11) is -1.25. The zero-order chi connectivity index (χ0) is 19.6. The minimum atomic E-state index is -3.12. The van der Waals surface area contributed by atoms with Gasteiger partial charge < -0.3 is 10.6 Å². The van der Waals surface area contributed by atoms with Crippen molar-refractivity contribution in [3.05, 3.63) is 18.0 Å². The third kappa shape index (κ3) is 4.74.